The number of hydrogen-bond donors (Lipinski definition) is 1. The summed E-state index contributed by atoms with van der Waals surface area (Å²) in [4.78, 5) is 23.9. The highest BCUT2D eigenvalue weighted by Crippen LogP contribution is 2.29. The van der Waals surface area contributed by atoms with Crippen LogP contribution >= 0.6 is 0 Å². The van der Waals surface area contributed by atoms with Gasteiger partial charge in [-0.25, -0.2) is 4.79 Å². The number of hydrogen-bond acceptors (Lipinski definition) is 3. The molecule has 4 nitrogen and oxygen atoms in total. The quantitative estimate of drug-likeness (QED) is 0.816. The highest BCUT2D eigenvalue weighted by molar-refractivity contribution is 6.12. The smallest absolute Gasteiger partial charge is 0.331 e. The molecule has 0 atom stereocenters. The first-order valence-electron chi connectivity index (χ1n) is 7.98. The van der Waals surface area contributed by atoms with Crippen molar-refractivity contribution in [2.45, 2.75) is 25.7 Å². The average Bonchev–Trinajstić information content (AvgIpc) is 2.62. The lowest BCUT2D eigenvalue weighted by Crippen LogP contribution is -2.15. The van der Waals surface area contributed by atoms with Gasteiger partial charge in [-0.2, -0.15) is 0 Å². The summed E-state index contributed by atoms with van der Waals surface area (Å²) in [6.45, 7) is 0. The summed E-state index contributed by atoms with van der Waals surface area (Å²) >= 11 is 0. The second-order valence-electron chi connectivity index (χ2n) is 5.74. The van der Waals surface area contributed by atoms with Crippen LogP contribution < -0.4 is 4.74 Å². The third kappa shape index (κ3) is 3.54. The topological polar surface area (TPSA) is 63.6 Å². The van der Waals surface area contributed by atoms with Crippen LogP contribution in [0.2, 0.25) is 0 Å². The van der Waals surface area contributed by atoms with Crippen molar-refractivity contribution in [3.05, 3.63) is 71.3 Å². The van der Waals surface area contributed by atoms with Crippen LogP contribution in [-0.2, 0) is 4.79 Å². The maximum atomic E-state index is 12.6. The number of carboxylic acid groups (broad SMARTS) is 1. The summed E-state index contributed by atoms with van der Waals surface area (Å²) in [5.41, 5.74) is 1.19. The molecule has 1 aliphatic carbocycles. The molecule has 122 valence electrons. The summed E-state index contributed by atoms with van der Waals surface area (Å²) in [6.07, 6.45) is 2.67. The minimum atomic E-state index is -0.984. The van der Waals surface area contributed by atoms with E-state index in [0.717, 1.165) is 18.6 Å². The van der Waals surface area contributed by atoms with E-state index in [1.165, 1.54) is 0 Å². The van der Waals surface area contributed by atoms with E-state index in [-0.39, 0.29) is 11.4 Å². The molecule has 0 bridgehead atoms. The number of para-hydroxylation sites is 1. The largest absolute Gasteiger partial charge is 0.478 e. The van der Waals surface area contributed by atoms with Crippen molar-refractivity contribution in [2.24, 2.45) is 0 Å². The van der Waals surface area contributed by atoms with Gasteiger partial charge in [0.25, 0.3) is 0 Å². The van der Waals surface area contributed by atoms with Crippen LogP contribution in [0, 0.1) is 0 Å². The number of allylic oxidation sites excluding steroid dienone is 1. The third-order valence-corrected chi connectivity index (χ3v) is 4.10. The first kappa shape index (κ1) is 16.0. The van der Waals surface area contributed by atoms with Gasteiger partial charge in [0.15, 0.2) is 5.78 Å². The summed E-state index contributed by atoms with van der Waals surface area (Å²) in [5.74, 6) is 0.175. The van der Waals surface area contributed by atoms with E-state index >= 15 is 0 Å². The Balaban J connectivity index is 1.80. The van der Waals surface area contributed by atoms with Gasteiger partial charge >= 0.3 is 5.97 Å². The Kier molecular flexibility index (Phi) is 4.75. The van der Waals surface area contributed by atoms with Gasteiger partial charge in [0.05, 0.1) is 0 Å². The molecule has 0 heterocycles. The molecule has 0 spiro atoms. The number of benzene rings is 2. The molecule has 2 aromatic rings. The molecule has 0 fully saturated rings. The van der Waals surface area contributed by atoms with E-state index in [2.05, 4.69) is 0 Å². The Morgan fingerprint density at radius 1 is 0.792 bits per heavy atom. The number of ketones is 1. The lowest BCUT2D eigenvalue weighted by molar-refractivity contribution is -0.133. The predicted molar refractivity (Wildman–Crippen MR) is 90.4 cm³/mol. The van der Waals surface area contributed by atoms with E-state index in [1.54, 1.807) is 24.3 Å². The second-order valence-corrected chi connectivity index (χ2v) is 5.74. The minimum absolute atomic E-state index is 0.196. The zero-order chi connectivity index (χ0) is 16.9. The Bertz CT molecular complexity index is 773. The zero-order valence-electron chi connectivity index (χ0n) is 13.2. The van der Waals surface area contributed by atoms with Crippen molar-refractivity contribution < 1.29 is 19.4 Å². The van der Waals surface area contributed by atoms with E-state index < -0.39 is 5.97 Å². The summed E-state index contributed by atoms with van der Waals surface area (Å²) in [7, 11) is 0. The van der Waals surface area contributed by atoms with Crippen molar-refractivity contribution in [1.82, 2.24) is 0 Å². The molecule has 0 amide bonds. The van der Waals surface area contributed by atoms with Crippen LogP contribution in [0.25, 0.3) is 0 Å². The van der Waals surface area contributed by atoms with Gasteiger partial charge in [-0.05, 0) is 62.1 Å². The zero-order valence-corrected chi connectivity index (χ0v) is 13.2. The molecule has 24 heavy (non-hydrogen) atoms. The van der Waals surface area contributed by atoms with Crippen LogP contribution in [0.4, 0.5) is 0 Å². The molecular weight excluding hydrogens is 304 g/mol. The fourth-order valence-corrected chi connectivity index (χ4v) is 2.87. The van der Waals surface area contributed by atoms with Crippen LogP contribution in [0.3, 0.4) is 0 Å². The fraction of sp³-hybridized carbons (Fsp3) is 0.200. The molecule has 3 rings (SSSR count). The molecule has 0 aliphatic heterocycles. The normalized spacial score (nSPS) is 14.3. The highest BCUT2D eigenvalue weighted by Gasteiger charge is 2.24. The minimum Gasteiger partial charge on any atom is -0.478 e. The molecule has 0 aromatic heterocycles. The predicted octanol–water partition coefficient (Wildman–Crippen LogP) is 4.62. The second kappa shape index (κ2) is 7.13. The Morgan fingerprint density at radius 2 is 1.38 bits per heavy atom. The molecular formula is C20H18O4. The maximum absolute atomic E-state index is 12.6. The number of aliphatic carboxylic acids is 1. The number of carboxylic acids is 1. The van der Waals surface area contributed by atoms with Crippen LogP contribution in [-0.4, -0.2) is 16.9 Å². The number of rotatable bonds is 5. The van der Waals surface area contributed by atoms with Crippen molar-refractivity contribution >= 4 is 11.8 Å². The number of Topliss-reactive ketones (excluding diaryl/α,β-unsaturated/α-hetero) is 1. The third-order valence-electron chi connectivity index (χ3n) is 4.10. The van der Waals surface area contributed by atoms with Gasteiger partial charge in [0.2, 0.25) is 0 Å². The van der Waals surface area contributed by atoms with Crippen molar-refractivity contribution in [3.63, 3.8) is 0 Å². The van der Waals surface area contributed by atoms with E-state index in [1.807, 2.05) is 30.3 Å². The lowest BCUT2D eigenvalue weighted by atomic mass is 9.87. The van der Waals surface area contributed by atoms with Crippen molar-refractivity contribution in [2.75, 3.05) is 0 Å². The molecule has 1 N–H and O–H groups in total. The molecule has 0 saturated carbocycles. The van der Waals surface area contributed by atoms with Crippen LogP contribution in [0.5, 0.6) is 11.5 Å². The summed E-state index contributed by atoms with van der Waals surface area (Å²) in [5, 5.41) is 9.28. The Labute approximate surface area is 140 Å². The molecule has 0 unspecified atom stereocenters. The molecule has 2 aromatic carbocycles. The lowest BCUT2D eigenvalue weighted by Gasteiger charge is -2.16. The van der Waals surface area contributed by atoms with E-state index in [0.29, 0.717) is 29.7 Å². The van der Waals surface area contributed by atoms with Gasteiger partial charge in [-0.15, -0.1) is 0 Å². The highest BCUT2D eigenvalue weighted by atomic mass is 16.5. The number of ether oxygens (including phenoxy) is 1. The van der Waals surface area contributed by atoms with Crippen molar-refractivity contribution in [1.29, 1.82) is 0 Å². The SMILES string of the molecule is O=C(O)C1=C(C(=O)c2ccc(Oc3ccccc3)cc2)CCCC1. The monoisotopic (exact) mass is 322 g/mol. The van der Waals surface area contributed by atoms with Gasteiger partial charge in [0.1, 0.15) is 11.5 Å². The first-order valence-corrected chi connectivity index (χ1v) is 7.98. The van der Waals surface area contributed by atoms with Gasteiger partial charge < -0.3 is 9.84 Å². The molecule has 0 saturated heterocycles. The summed E-state index contributed by atoms with van der Waals surface area (Å²) in [6, 6.07) is 16.2. The van der Waals surface area contributed by atoms with E-state index in [9.17, 15) is 14.7 Å². The average molecular weight is 322 g/mol. The van der Waals surface area contributed by atoms with Gasteiger partial charge in [-0.1, -0.05) is 18.2 Å². The van der Waals surface area contributed by atoms with Gasteiger partial charge in [0, 0.05) is 16.7 Å². The summed E-state index contributed by atoms with van der Waals surface area (Å²) < 4.78 is 5.70. The van der Waals surface area contributed by atoms with Crippen LogP contribution in [0.15, 0.2) is 65.7 Å². The van der Waals surface area contributed by atoms with Crippen LogP contribution in [0.1, 0.15) is 36.0 Å². The first-order chi connectivity index (χ1) is 11.6. The Morgan fingerprint density at radius 3 is 2.00 bits per heavy atom. The molecule has 1 aliphatic rings. The maximum Gasteiger partial charge on any atom is 0.331 e. The molecule has 0 radical (unpaired) electrons. The fourth-order valence-electron chi connectivity index (χ4n) is 2.87. The van der Waals surface area contributed by atoms with Crippen molar-refractivity contribution in [3.8, 4) is 11.5 Å². The van der Waals surface area contributed by atoms with Gasteiger partial charge in [-0.3, -0.25) is 4.79 Å². The Hall–Kier alpha value is -2.88. The molecule has 4 heteroatoms. The van der Waals surface area contributed by atoms with E-state index in [4.69, 9.17) is 4.74 Å². The standard InChI is InChI=1S/C20H18O4/c21-19(17-8-4-5-9-18(17)20(22)23)14-10-12-16(13-11-14)24-15-6-2-1-3-7-15/h1-3,6-7,10-13H,4-5,8-9H2,(H,22,23). The number of carbonyl (C=O) groups excluding carboxylic acids is 1. The number of carbonyl (C=O) groups is 2.